The zero-order valence-electron chi connectivity index (χ0n) is 15.5. The molecule has 1 aromatic carbocycles. The zero-order chi connectivity index (χ0) is 19.0. The fourth-order valence-electron chi connectivity index (χ4n) is 3.93. The first-order chi connectivity index (χ1) is 13.1. The van der Waals surface area contributed by atoms with Gasteiger partial charge in [0.15, 0.2) is 0 Å². The summed E-state index contributed by atoms with van der Waals surface area (Å²) in [5.41, 5.74) is 3.04. The van der Waals surface area contributed by atoms with Gasteiger partial charge >= 0.3 is 0 Å². The Kier molecular flexibility index (Phi) is 4.56. The van der Waals surface area contributed by atoms with Crippen LogP contribution in [0, 0.1) is 12.7 Å². The number of ether oxygens (including phenoxy) is 1. The second-order valence-corrected chi connectivity index (χ2v) is 7.01. The van der Waals surface area contributed by atoms with Crippen molar-refractivity contribution in [2.45, 2.75) is 25.7 Å². The first-order valence-electron chi connectivity index (χ1n) is 9.14. The number of halogens is 1. The van der Waals surface area contributed by atoms with E-state index in [0.717, 1.165) is 23.8 Å². The van der Waals surface area contributed by atoms with Crippen molar-refractivity contribution in [3.8, 4) is 5.75 Å². The lowest BCUT2D eigenvalue weighted by atomic mass is 9.87. The Morgan fingerprint density at radius 1 is 1.30 bits per heavy atom. The number of methoxy groups -OCH3 is 1. The van der Waals surface area contributed by atoms with E-state index in [2.05, 4.69) is 9.97 Å². The molecule has 1 aliphatic heterocycles. The SMILES string of the molecule is COc1cc(C(=O)N2CCC(c3c(F)cnc4[nH]ccc34)CC2)ccc1C. The van der Waals surface area contributed by atoms with Gasteiger partial charge in [0.1, 0.15) is 17.2 Å². The van der Waals surface area contributed by atoms with Crippen LogP contribution < -0.4 is 4.74 Å². The van der Waals surface area contributed by atoms with Crippen LogP contribution in [0.25, 0.3) is 11.0 Å². The number of carbonyl (C=O) groups is 1. The number of aromatic nitrogens is 2. The molecule has 4 rings (SSSR count). The molecule has 3 aromatic rings. The molecule has 1 aliphatic rings. The predicted octanol–water partition coefficient (Wildman–Crippen LogP) is 4.04. The molecule has 0 unspecified atom stereocenters. The Morgan fingerprint density at radius 2 is 2.07 bits per heavy atom. The van der Waals surface area contributed by atoms with Crippen molar-refractivity contribution < 1.29 is 13.9 Å². The molecule has 0 aliphatic carbocycles. The maximum atomic E-state index is 14.5. The minimum Gasteiger partial charge on any atom is -0.496 e. The van der Waals surface area contributed by atoms with Gasteiger partial charge < -0.3 is 14.6 Å². The molecule has 5 nitrogen and oxygen atoms in total. The van der Waals surface area contributed by atoms with Crippen molar-refractivity contribution >= 4 is 16.9 Å². The number of H-pyrrole nitrogens is 1. The van der Waals surface area contributed by atoms with E-state index in [1.54, 1.807) is 19.4 Å². The molecule has 0 radical (unpaired) electrons. The molecule has 0 spiro atoms. The number of benzene rings is 1. The van der Waals surface area contributed by atoms with Gasteiger partial charge in [-0.25, -0.2) is 9.37 Å². The lowest BCUT2D eigenvalue weighted by Gasteiger charge is -2.32. The number of nitrogens with one attached hydrogen (secondary N) is 1. The van der Waals surface area contributed by atoms with Crippen molar-refractivity contribution in [3.05, 3.63) is 59.2 Å². The highest BCUT2D eigenvalue weighted by Gasteiger charge is 2.28. The summed E-state index contributed by atoms with van der Waals surface area (Å²) in [4.78, 5) is 21.8. The number of hydrogen-bond acceptors (Lipinski definition) is 3. The van der Waals surface area contributed by atoms with Crippen LogP contribution in [0.15, 0.2) is 36.7 Å². The number of piperidine rings is 1. The first kappa shape index (κ1) is 17.5. The molecule has 0 atom stereocenters. The van der Waals surface area contributed by atoms with Gasteiger partial charge in [-0.15, -0.1) is 0 Å². The van der Waals surface area contributed by atoms with Gasteiger partial charge in [-0.1, -0.05) is 6.07 Å². The zero-order valence-corrected chi connectivity index (χ0v) is 15.5. The highest BCUT2D eigenvalue weighted by molar-refractivity contribution is 5.95. The van der Waals surface area contributed by atoms with Gasteiger partial charge in [0.2, 0.25) is 0 Å². The summed E-state index contributed by atoms with van der Waals surface area (Å²) < 4.78 is 19.8. The van der Waals surface area contributed by atoms with E-state index in [9.17, 15) is 9.18 Å². The van der Waals surface area contributed by atoms with Crippen LogP contribution >= 0.6 is 0 Å². The topological polar surface area (TPSA) is 58.2 Å². The number of aryl methyl sites for hydroxylation is 1. The monoisotopic (exact) mass is 367 g/mol. The van der Waals surface area contributed by atoms with E-state index in [1.807, 2.05) is 30.0 Å². The fraction of sp³-hybridized carbons (Fsp3) is 0.333. The number of rotatable bonds is 3. The van der Waals surface area contributed by atoms with Gasteiger partial charge in [0, 0.05) is 35.8 Å². The lowest BCUT2D eigenvalue weighted by Crippen LogP contribution is -2.38. The minimum atomic E-state index is -0.268. The van der Waals surface area contributed by atoms with E-state index < -0.39 is 0 Å². The van der Waals surface area contributed by atoms with Crippen molar-refractivity contribution in [1.82, 2.24) is 14.9 Å². The van der Waals surface area contributed by atoms with Crippen LogP contribution in [0.1, 0.15) is 40.2 Å². The van der Waals surface area contributed by atoms with E-state index in [4.69, 9.17) is 4.74 Å². The second kappa shape index (κ2) is 7.02. The summed E-state index contributed by atoms with van der Waals surface area (Å²) in [5, 5.41) is 0.836. The number of fused-ring (bicyclic) bond motifs is 1. The second-order valence-electron chi connectivity index (χ2n) is 7.01. The van der Waals surface area contributed by atoms with Crippen molar-refractivity contribution in [2.24, 2.45) is 0 Å². The summed E-state index contributed by atoms with van der Waals surface area (Å²) in [6, 6.07) is 7.39. The number of nitrogens with zero attached hydrogens (tertiary/aromatic N) is 2. The van der Waals surface area contributed by atoms with Crippen LogP contribution in [0.2, 0.25) is 0 Å². The van der Waals surface area contributed by atoms with E-state index in [0.29, 0.717) is 35.6 Å². The van der Waals surface area contributed by atoms with Crippen LogP contribution in [-0.2, 0) is 0 Å². The quantitative estimate of drug-likeness (QED) is 0.760. The van der Waals surface area contributed by atoms with Gasteiger partial charge in [-0.2, -0.15) is 0 Å². The number of pyridine rings is 1. The molecule has 0 bridgehead atoms. The summed E-state index contributed by atoms with van der Waals surface area (Å²) >= 11 is 0. The van der Waals surface area contributed by atoms with Crippen molar-refractivity contribution in [3.63, 3.8) is 0 Å². The maximum Gasteiger partial charge on any atom is 0.253 e. The molecule has 1 amide bonds. The summed E-state index contributed by atoms with van der Waals surface area (Å²) in [6.45, 7) is 3.16. The van der Waals surface area contributed by atoms with Crippen LogP contribution in [0.5, 0.6) is 5.75 Å². The normalized spacial score (nSPS) is 15.3. The molecule has 1 saturated heterocycles. The molecular formula is C21H22FN3O2. The summed E-state index contributed by atoms with van der Waals surface area (Å²) in [5.74, 6) is 0.524. The highest BCUT2D eigenvalue weighted by Crippen LogP contribution is 2.34. The molecule has 0 saturated carbocycles. The number of aromatic amines is 1. The van der Waals surface area contributed by atoms with Crippen molar-refractivity contribution in [2.75, 3.05) is 20.2 Å². The largest absolute Gasteiger partial charge is 0.496 e. The fourth-order valence-corrected chi connectivity index (χ4v) is 3.93. The molecule has 2 aromatic heterocycles. The Morgan fingerprint density at radius 3 is 2.81 bits per heavy atom. The predicted molar refractivity (Wildman–Crippen MR) is 102 cm³/mol. The summed E-state index contributed by atoms with van der Waals surface area (Å²) in [6.07, 6.45) is 4.53. The van der Waals surface area contributed by atoms with Crippen LogP contribution in [-0.4, -0.2) is 41.0 Å². The molecule has 140 valence electrons. The van der Waals surface area contributed by atoms with Crippen molar-refractivity contribution in [1.29, 1.82) is 0 Å². The van der Waals surface area contributed by atoms with Gasteiger partial charge in [-0.3, -0.25) is 4.79 Å². The van der Waals surface area contributed by atoms with E-state index in [-0.39, 0.29) is 17.6 Å². The lowest BCUT2D eigenvalue weighted by molar-refractivity contribution is 0.0712. The summed E-state index contributed by atoms with van der Waals surface area (Å²) in [7, 11) is 1.60. The number of likely N-dealkylation sites (tertiary alicyclic amines) is 1. The molecule has 1 N–H and O–H groups in total. The first-order valence-corrected chi connectivity index (χ1v) is 9.14. The Bertz CT molecular complexity index is 990. The van der Waals surface area contributed by atoms with E-state index >= 15 is 0 Å². The standard InChI is InChI=1S/C21H22FN3O2/c1-13-3-4-15(11-18(13)27-2)21(26)25-9-6-14(7-10-25)19-16-5-8-23-20(16)24-12-17(19)22/h3-5,8,11-12,14H,6-7,9-10H2,1-2H3,(H,23,24). The molecule has 27 heavy (non-hydrogen) atoms. The third kappa shape index (κ3) is 3.16. The number of amides is 1. The Hall–Kier alpha value is -2.89. The third-order valence-electron chi connectivity index (χ3n) is 5.43. The minimum absolute atomic E-state index is 0.00579. The van der Waals surface area contributed by atoms with Gasteiger partial charge in [0.05, 0.1) is 13.3 Å². The molecule has 6 heteroatoms. The van der Waals surface area contributed by atoms with Crippen LogP contribution in [0.4, 0.5) is 4.39 Å². The molecular weight excluding hydrogens is 345 g/mol. The van der Waals surface area contributed by atoms with Gasteiger partial charge in [-0.05, 0) is 49.4 Å². The smallest absolute Gasteiger partial charge is 0.253 e. The van der Waals surface area contributed by atoms with E-state index in [1.165, 1.54) is 6.20 Å². The Labute approximate surface area is 157 Å². The van der Waals surface area contributed by atoms with Crippen LogP contribution in [0.3, 0.4) is 0 Å². The molecule has 3 heterocycles. The molecule has 1 fully saturated rings. The maximum absolute atomic E-state index is 14.5. The number of carbonyl (C=O) groups excluding carboxylic acids is 1. The average molecular weight is 367 g/mol. The average Bonchev–Trinajstić information content (AvgIpc) is 3.16. The highest BCUT2D eigenvalue weighted by atomic mass is 19.1. The third-order valence-corrected chi connectivity index (χ3v) is 5.43. The van der Waals surface area contributed by atoms with Gasteiger partial charge in [0.25, 0.3) is 5.91 Å². The Balaban J connectivity index is 1.51. The number of hydrogen-bond donors (Lipinski definition) is 1.